The molecule has 0 amide bonds. The Morgan fingerprint density at radius 1 is 1.19 bits per heavy atom. The number of fused-ring (bicyclic) bond motifs is 1. The van der Waals surface area contributed by atoms with E-state index in [0.717, 1.165) is 10.9 Å². The van der Waals surface area contributed by atoms with E-state index in [9.17, 15) is 4.57 Å². The van der Waals surface area contributed by atoms with Gasteiger partial charge < -0.3 is 14.2 Å². The van der Waals surface area contributed by atoms with E-state index in [2.05, 4.69) is 27.1 Å². The van der Waals surface area contributed by atoms with E-state index in [1.807, 2.05) is 30.0 Å². The second kappa shape index (κ2) is 9.57. The minimum atomic E-state index is -2.16. The van der Waals surface area contributed by atoms with Crippen molar-refractivity contribution in [1.82, 2.24) is 20.2 Å². The minimum Gasteiger partial charge on any atom is -0.486 e. The highest BCUT2D eigenvalue weighted by atomic mass is 35.5. The Morgan fingerprint density at radius 3 is 2.54 bits per heavy atom. The summed E-state index contributed by atoms with van der Waals surface area (Å²) in [6.07, 6.45) is 4.89. The van der Waals surface area contributed by atoms with Gasteiger partial charge in [0.2, 0.25) is 0 Å². The largest absolute Gasteiger partial charge is 0.486 e. The molecule has 4 heterocycles. The first-order chi connectivity index (χ1) is 17.4. The fraction of sp³-hybridized carbons (Fsp3) is 0.346. The zero-order chi connectivity index (χ0) is 26.5. The second-order valence-corrected chi connectivity index (χ2v) is 14.8. The molecule has 1 atom stereocenters. The van der Waals surface area contributed by atoms with Crippen LogP contribution in [0.1, 0.15) is 25.5 Å². The minimum absolute atomic E-state index is 0.0948. The van der Waals surface area contributed by atoms with Gasteiger partial charge in [0.1, 0.15) is 17.5 Å². The molecule has 0 saturated carbocycles. The van der Waals surface area contributed by atoms with Gasteiger partial charge in [-0.15, -0.1) is 0 Å². The quantitative estimate of drug-likeness (QED) is 0.243. The van der Waals surface area contributed by atoms with Crippen molar-refractivity contribution in [2.45, 2.75) is 20.0 Å². The van der Waals surface area contributed by atoms with E-state index < -0.39 is 19.1 Å². The zero-order valence-corrected chi connectivity index (χ0v) is 23.3. The number of nitrogens with one attached hydrogen (secondary N) is 1. The summed E-state index contributed by atoms with van der Waals surface area (Å²) in [5.74, 6) is 0.461. The summed E-state index contributed by atoms with van der Waals surface area (Å²) in [6.45, 7) is 8.77. The number of hydrogen-bond acceptors (Lipinski definition) is 6. The van der Waals surface area contributed by atoms with Crippen LogP contribution < -0.4 is 9.64 Å². The molecular weight excluding hydrogens is 535 g/mol. The molecular formula is C26H27Cl2FN5O2P. The first kappa shape index (κ1) is 26.0. The number of nitrogens with zero attached hydrogens (tertiary/aromatic N) is 4. The summed E-state index contributed by atoms with van der Waals surface area (Å²) in [5, 5.41) is 9.00. The molecule has 7 nitrogen and oxygen atoms in total. The standard InChI is InChI=1S/C26H27Cl2FN5O2P/c1-15(23-19(27)10-30-11-20(23)28)36-17-5-6-22-18(8-17)24(33-32-22)16-7-21(29)25(31-9-16)34-12-26(2,13-34)14-37(3,4)35/h5-11,15H,12-14H2,1-4H3,(H,32,33)/t15-/m1/s1. The van der Waals surface area contributed by atoms with E-state index in [0.29, 0.717) is 57.7 Å². The van der Waals surface area contributed by atoms with E-state index in [4.69, 9.17) is 27.9 Å². The van der Waals surface area contributed by atoms with Crippen molar-refractivity contribution in [2.75, 3.05) is 37.5 Å². The molecule has 11 heteroatoms. The number of H-pyrrole nitrogens is 1. The number of aromatic nitrogens is 4. The van der Waals surface area contributed by atoms with Crippen molar-refractivity contribution in [1.29, 1.82) is 0 Å². The van der Waals surface area contributed by atoms with Crippen molar-refractivity contribution >= 4 is 47.1 Å². The van der Waals surface area contributed by atoms with Crippen LogP contribution in [0.15, 0.2) is 42.9 Å². The predicted molar refractivity (Wildman–Crippen MR) is 147 cm³/mol. The van der Waals surface area contributed by atoms with E-state index in [-0.39, 0.29) is 5.41 Å². The number of halogens is 3. The molecule has 0 radical (unpaired) electrons. The number of rotatable bonds is 7. The number of aromatic amines is 1. The Bertz CT molecular complexity index is 1510. The van der Waals surface area contributed by atoms with Gasteiger partial charge in [-0.25, -0.2) is 9.37 Å². The van der Waals surface area contributed by atoms with Crippen LogP contribution in [-0.2, 0) is 4.57 Å². The van der Waals surface area contributed by atoms with Gasteiger partial charge in [-0.1, -0.05) is 30.1 Å². The number of anilines is 1. The third-order valence-electron chi connectivity index (χ3n) is 6.45. The lowest BCUT2D eigenvalue weighted by molar-refractivity contribution is 0.227. The molecule has 0 spiro atoms. The van der Waals surface area contributed by atoms with Gasteiger partial charge in [0, 0.05) is 59.8 Å². The predicted octanol–water partition coefficient (Wildman–Crippen LogP) is 7.05. The molecule has 4 aromatic rings. The topological polar surface area (TPSA) is 84.0 Å². The number of benzene rings is 1. The van der Waals surface area contributed by atoms with E-state index in [1.165, 1.54) is 18.5 Å². The van der Waals surface area contributed by atoms with Gasteiger partial charge >= 0.3 is 0 Å². The maximum atomic E-state index is 15.2. The van der Waals surface area contributed by atoms with Crippen molar-refractivity contribution in [3.63, 3.8) is 0 Å². The Hall–Kier alpha value is -2.67. The summed E-state index contributed by atoms with van der Waals surface area (Å²) in [4.78, 5) is 10.3. The fourth-order valence-corrected chi connectivity index (χ4v) is 7.91. The first-order valence-corrected chi connectivity index (χ1v) is 15.4. The Morgan fingerprint density at radius 2 is 1.89 bits per heavy atom. The van der Waals surface area contributed by atoms with Crippen LogP contribution in [0.25, 0.3) is 22.2 Å². The average molecular weight is 562 g/mol. The molecule has 194 valence electrons. The molecule has 1 aliphatic rings. The molecule has 0 bridgehead atoms. The van der Waals surface area contributed by atoms with Gasteiger partial charge in [-0.2, -0.15) is 5.10 Å². The lowest BCUT2D eigenvalue weighted by Gasteiger charge is -2.49. The zero-order valence-electron chi connectivity index (χ0n) is 20.9. The molecule has 0 unspecified atom stereocenters. The van der Waals surface area contributed by atoms with Crippen LogP contribution in [0.5, 0.6) is 5.75 Å². The van der Waals surface area contributed by atoms with Crippen LogP contribution >= 0.6 is 30.3 Å². The highest BCUT2D eigenvalue weighted by Crippen LogP contribution is 2.47. The van der Waals surface area contributed by atoms with Gasteiger partial charge in [-0.05, 0) is 44.5 Å². The average Bonchev–Trinajstić information content (AvgIpc) is 3.19. The Balaban J connectivity index is 1.38. The van der Waals surface area contributed by atoms with Crippen molar-refractivity contribution in [2.24, 2.45) is 5.41 Å². The molecule has 0 aliphatic carbocycles. The van der Waals surface area contributed by atoms with Crippen molar-refractivity contribution in [3.05, 3.63) is 64.3 Å². The first-order valence-electron chi connectivity index (χ1n) is 11.8. The van der Waals surface area contributed by atoms with Crippen LogP contribution in [0.2, 0.25) is 10.0 Å². The Labute approximate surface area is 224 Å². The SMILES string of the molecule is C[C@@H](Oc1ccc2[nH]nc(-c3cnc(N4CC(C)(CP(C)(C)=O)C4)c(F)c3)c2c1)c1c(Cl)cncc1Cl. The van der Waals surface area contributed by atoms with Gasteiger partial charge in [0.05, 0.1) is 22.7 Å². The summed E-state index contributed by atoms with van der Waals surface area (Å²) >= 11 is 12.6. The third kappa shape index (κ3) is 5.33. The van der Waals surface area contributed by atoms with Gasteiger partial charge in [0.15, 0.2) is 11.6 Å². The number of pyridine rings is 2. The maximum absolute atomic E-state index is 15.2. The van der Waals surface area contributed by atoms with Crippen molar-refractivity contribution < 1.29 is 13.7 Å². The summed E-state index contributed by atoms with van der Waals surface area (Å²) < 4.78 is 33.6. The lowest BCUT2D eigenvalue weighted by atomic mass is 9.84. The molecule has 1 aromatic carbocycles. The van der Waals surface area contributed by atoms with Crippen LogP contribution in [0, 0.1) is 11.2 Å². The second-order valence-electron chi connectivity index (χ2n) is 10.5. The molecule has 1 N–H and O–H groups in total. The van der Waals surface area contributed by atoms with Gasteiger partial charge in [0.25, 0.3) is 0 Å². The number of hydrogen-bond donors (Lipinski definition) is 1. The smallest absolute Gasteiger partial charge is 0.166 e. The fourth-order valence-electron chi connectivity index (χ4n) is 5.20. The molecule has 5 rings (SSSR count). The summed E-state index contributed by atoms with van der Waals surface area (Å²) in [6, 6.07) is 6.96. The summed E-state index contributed by atoms with van der Waals surface area (Å²) in [7, 11) is -2.16. The van der Waals surface area contributed by atoms with E-state index in [1.54, 1.807) is 19.5 Å². The third-order valence-corrected chi connectivity index (χ3v) is 8.57. The van der Waals surface area contributed by atoms with Gasteiger partial charge in [-0.3, -0.25) is 10.1 Å². The molecule has 1 fully saturated rings. The monoisotopic (exact) mass is 561 g/mol. The molecule has 1 saturated heterocycles. The molecule has 37 heavy (non-hydrogen) atoms. The highest BCUT2D eigenvalue weighted by molar-refractivity contribution is 7.62. The van der Waals surface area contributed by atoms with E-state index >= 15 is 4.39 Å². The Kier molecular flexibility index (Phi) is 6.71. The normalized spacial score (nSPS) is 16.0. The van der Waals surface area contributed by atoms with Crippen LogP contribution in [0.4, 0.5) is 10.2 Å². The van der Waals surface area contributed by atoms with Crippen LogP contribution in [-0.4, -0.2) is 52.7 Å². The highest BCUT2D eigenvalue weighted by Gasteiger charge is 2.42. The lowest BCUT2D eigenvalue weighted by Crippen LogP contribution is -2.57. The maximum Gasteiger partial charge on any atom is 0.166 e. The number of ether oxygens (including phenoxy) is 1. The van der Waals surface area contributed by atoms with Crippen molar-refractivity contribution in [3.8, 4) is 17.0 Å². The van der Waals surface area contributed by atoms with Crippen LogP contribution in [0.3, 0.4) is 0 Å². The summed E-state index contributed by atoms with van der Waals surface area (Å²) in [5.41, 5.74) is 2.45. The molecule has 1 aliphatic heterocycles. The molecule has 3 aromatic heterocycles.